The molecule has 0 bridgehead atoms. The standard InChI is InChI=1S/C22H26FN5O2/c1-22(2,30)14-9-15(10-14)28-12-13-8-18(19(27(3)4)11-17(13)26-28)25-21(29)16-6-5-7-20(23)24-16/h5-8,11-12,14-15,30H,9-10H2,1-4H3,(H,25,29)/t14-,15-. The topological polar surface area (TPSA) is 83.3 Å². The molecule has 30 heavy (non-hydrogen) atoms. The number of aromatic nitrogens is 3. The Kier molecular flexibility index (Phi) is 4.97. The van der Waals surface area contributed by atoms with Crippen LogP contribution in [0.15, 0.2) is 36.5 Å². The third kappa shape index (κ3) is 3.87. The van der Waals surface area contributed by atoms with Crippen LogP contribution in [0, 0.1) is 11.9 Å². The van der Waals surface area contributed by atoms with Crippen LogP contribution in [0.25, 0.3) is 10.9 Å². The average Bonchev–Trinajstić information content (AvgIpc) is 3.00. The molecule has 2 heterocycles. The fraction of sp³-hybridized carbons (Fsp3) is 0.409. The molecule has 8 heteroatoms. The maximum Gasteiger partial charge on any atom is 0.274 e. The number of hydrogen-bond donors (Lipinski definition) is 2. The molecular weight excluding hydrogens is 385 g/mol. The summed E-state index contributed by atoms with van der Waals surface area (Å²) < 4.78 is 15.3. The number of hydrogen-bond acceptors (Lipinski definition) is 5. The van der Waals surface area contributed by atoms with Crippen LogP contribution in [0.1, 0.15) is 43.2 Å². The van der Waals surface area contributed by atoms with Crippen molar-refractivity contribution in [2.75, 3.05) is 24.3 Å². The summed E-state index contributed by atoms with van der Waals surface area (Å²) in [6, 6.07) is 8.18. The van der Waals surface area contributed by atoms with Crippen LogP contribution >= 0.6 is 0 Å². The lowest BCUT2D eigenvalue weighted by Gasteiger charge is -2.42. The van der Waals surface area contributed by atoms with E-state index in [9.17, 15) is 14.3 Å². The van der Waals surface area contributed by atoms with E-state index in [4.69, 9.17) is 5.10 Å². The maximum atomic E-state index is 13.4. The number of anilines is 2. The molecule has 7 nitrogen and oxygen atoms in total. The van der Waals surface area contributed by atoms with Crippen molar-refractivity contribution < 1.29 is 14.3 Å². The lowest BCUT2D eigenvalue weighted by molar-refractivity contribution is -0.0412. The highest BCUT2D eigenvalue weighted by Crippen LogP contribution is 2.44. The van der Waals surface area contributed by atoms with Gasteiger partial charge in [-0.25, -0.2) is 4.98 Å². The molecular formula is C22H26FN5O2. The van der Waals surface area contributed by atoms with Crippen molar-refractivity contribution >= 4 is 28.2 Å². The van der Waals surface area contributed by atoms with E-state index in [1.54, 1.807) is 0 Å². The predicted molar refractivity (Wildman–Crippen MR) is 114 cm³/mol. The summed E-state index contributed by atoms with van der Waals surface area (Å²) in [6.45, 7) is 3.69. The molecule has 0 saturated heterocycles. The first kappa shape index (κ1) is 20.3. The zero-order valence-corrected chi connectivity index (χ0v) is 17.6. The molecule has 1 aromatic carbocycles. The van der Waals surface area contributed by atoms with Gasteiger partial charge in [0.15, 0.2) is 0 Å². The minimum absolute atomic E-state index is 0.0163. The van der Waals surface area contributed by atoms with Crippen molar-refractivity contribution in [1.82, 2.24) is 14.8 Å². The lowest BCUT2D eigenvalue weighted by Crippen LogP contribution is -2.41. The highest BCUT2D eigenvalue weighted by atomic mass is 19.1. The molecule has 1 aliphatic carbocycles. The summed E-state index contributed by atoms with van der Waals surface area (Å²) in [5.74, 6) is -0.908. The largest absolute Gasteiger partial charge is 0.390 e. The molecule has 158 valence electrons. The zero-order valence-electron chi connectivity index (χ0n) is 17.6. The zero-order chi connectivity index (χ0) is 21.6. The van der Waals surface area contributed by atoms with Crippen molar-refractivity contribution in [3.8, 4) is 0 Å². The molecule has 0 radical (unpaired) electrons. The average molecular weight is 411 g/mol. The number of halogens is 1. The monoisotopic (exact) mass is 411 g/mol. The third-order valence-electron chi connectivity index (χ3n) is 5.80. The number of benzene rings is 1. The Morgan fingerprint density at radius 3 is 2.67 bits per heavy atom. The van der Waals surface area contributed by atoms with Crippen LogP contribution in [0.5, 0.6) is 0 Å². The maximum absolute atomic E-state index is 13.4. The van der Waals surface area contributed by atoms with Crippen LogP contribution in [0.4, 0.5) is 15.8 Å². The van der Waals surface area contributed by atoms with Crippen molar-refractivity contribution in [3.63, 3.8) is 0 Å². The number of nitrogens with one attached hydrogen (secondary N) is 1. The molecule has 4 rings (SSSR count). The van der Waals surface area contributed by atoms with Crippen LogP contribution in [-0.4, -0.2) is 45.5 Å². The molecule has 0 atom stereocenters. The first-order chi connectivity index (χ1) is 14.1. The van der Waals surface area contributed by atoms with Crippen LogP contribution in [-0.2, 0) is 0 Å². The minimum atomic E-state index is -0.697. The van der Waals surface area contributed by atoms with Gasteiger partial charge < -0.3 is 15.3 Å². The Labute approximate surface area is 174 Å². The van der Waals surface area contributed by atoms with Gasteiger partial charge in [-0.1, -0.05) is 6.07 Å². The van der Waals surface area contributed by atoms with Crippen molar-refractivity contribution in [1.29, 1.82) is 0 Å². The minimum Gasteiger partial charge on any atom is -0.390 e. The summed E-state index contributed by atoms with van der Waals surface area (Å²) in [4.78, 5) is 18.1. The van der Waals surface area contributed by atoms with Gasteiger partial charge in [-0.05, 0) is 56.9 Å². The number of amides is 1. The van der Waals surface area contributed by atoms with Crippen LogP contribution in [0.3, 0.4) is 0 Å². The van der Waals surface area contributed by atoms with Gasteiger partial charge >= 0.3 is 0 Å². The van der Waals surface area contributed by atoms with E-state index >= 15 is 0 Å². The molecule has 0 spiro atoms. The first-order valence-electron chi connectivity index (χ1n) is 9.98. The summed E-state index contributed by atoms with van der Waals surface area (Å²) in [5, 5.41) is 18.6. The van der Waals surface area contributed by atoms with E-state index in [-0.39, 0.29) is 17.7 Å². The SMILES string of the molecule is CN(C)c1cc2nn([C@H]3C[C@H](C(C)(C)O)C3)cc2cc1NC(=O)c1cccc(F)n1. The van der Waals surface area contributed by atoms with E-state index in [0.717, 1.165) is 29.4 Å². The van der Waals surface area contributed by atoms with Gasteiger partial charge in [0.25, 0.3) is 5.91 Å². The first-order valence-corrected chi connectivity index (χ1v) is 9.98. The Bertz CT molecular complexity index is 1100. The smallest absolute Gasteiger partial charge is 0.274 e. The summed E-state index contributed by atoms with van der Waals surface area (Å²) in [6.07, 6.45) is 3.73. The van der Waals surface area contributed by atoms with E-state index in [2.05, 4.69) is 10.3 Å². The van der Waals surface area contributed by atoms with E-state index in [1.165, 1.54) is 18.2 Å². The quantitative estimate of drug-likeness (QED) is 0.627. The Morgan fingerprint density at radius 2 is 2.03 bits per heavy atom. The molecule has 1 amide bonds. The molecule has 1 fully saturated rings. The van der Waals surface area contributed by atoms with Gasteiger partial charge in [0.2, 0.25) is 5.95 Å². The number of nitrogens with zero attached hydrogens (tertiary/aromatic N) is 4. The molecule has 2 N–H and O–H groups in total. The number of rotatable bonds is 5. The molecule has 2 aromatic heterocycles. The number of pyridine rings is 1. The Hall–Kier alpha value is -3.00. The molecule has 1 aliphatic rings. The number of aliphatic hydroxyl groups is 1. The number of fused-ring (bicyclic) bond motifs is 1. The Morgan fingerprint density at radius 1 is 1.30 bits per heavy atom. The third-order valence-corrected chi connectivity index (χ3v) is 5.80. The van der Waals surface area contributed by atoms with E-state index in [0.29, 0.717) is 5.69 Å². The van der Waals surface area contributed by atoms with Gasteiger partial charge in [0, 0.05) is 25.7 Å². The van der Waals surface area contributed by atoms with Gasteiger partial charge in [0.05, 0.1) is 28.5 Å². The molecule has 3 aromatic rings. The van der Waals surface area contributed by atoms with Crippen molar-refractivity contribution in [3.05, 3.63) is 48.2 Å². The second-order valence-electron chi connectivity index (χ2n) is 8.71. The normalized spacial score (nSPS) is 18.9. The molecule has 0 aliphatic heterocycles. The van der Waals surface area contributed by atoms with Crippen molar-refractivity contribution in [2.45, 2.75) is 38.3 Å². The highest BCUT2D eigenvalue weighted by Gasteiger charge is 2.40. The van der Waals surface area contributed by atoms with Crippen molar-refractivity contribution in [2.24, 2.45) is 5.92 Å². The predicted octanol–water partition coefficient (Wildman–Crippen LogP) is 3.61. The second-order valence-corrected chi connectivity index (χ2v) is 8.71. The summed E-state index contributed by atoms with van der Waals surface area (Å²) in [7, 11) is 3.77. The molecule has 0 unspecified atom stereocenters. The van der Waals surface area contributed by atoms with Gasteiger partial charge in [-0.3, -0.25) is 9.48 Å². The fourth-order valence-electron chi connectivity index (χ4n) is 3.84. The van der Waals surface area contributed by atoms with E-state index in [1.807, 2.05) is 55.9 Å². The summed E-state index contributed by atoms with van der Waals surface area (Å²) in [5.41, 5.74) is 1.56. The Balaban J connectivity index is 1.62. The van der Waals surface area contributed by atoms with Crippen LogP contribution in [0.2, 0.25) is 0 Å². The number of carbonyl (C=O) groups is 1. The lowest BCUT2D eigenvalue weighted by atomic mass is 9.71. The fourth-order valence-corrected chi connectivity index (χ4v) is 3.84. The van der Waals surface area contributed by atoms with E-state index < -0.39 is 17.5 Å². The highest BCUT2D eigenvalue weighted by molar-refractivity contribution is 6.06. The van der Waals surface area contributed by atoms with Gasteiger partial charge in [-0.2, -0.15) is 9.49 Å². The van der Waals surface area contributed by atoms with Gasteiger partial charge in [0.1, 0.15) is 5.69 Å². The van der Waals surface area contributed by atoms with Gasteiger partial charge in [-0.15, -0.1) is 0 Å². The molecule has 1 saturated carbocycles. The second kappa shape index (κ2) is 7.36. The summed E-state index contributed by atoms with van der Waals surface area (Å²) >= 11 is 0. The number of carbonyl (C=O) groups excluding carboxylic acids is 1. The van der Waals surface area contributed by atoms with Crippen LogP contribution < -0.4 is 10.2 Å².